The Hall–Kier alpha value is 0.178. The normalized spacial score (nSPS) is 6.64. The Morgan fingerprint density at radius 3 is 1.93 bits per heavy atom. The second-order valence-corrected chi connectivity index (χ2v) is 1.01. The van der Waals surface area contributed by atoms with E-state index in [-0.39, 0.29) is 65.4 Å². The molecule has 14 heavy (non-hydrogen) atoms. The van der Waals surface area contributed by atoms with Crippen LogP contribution in [-0.2, 0) is 94.7 Å². The topological polar surface area (TPSA) is 118 Å². The first-order valence-electron chi connectivity index (χ1n) is 2.15. The molecule has 0 aromatic rings. The summed E-state index contributed by atoms with van der Waals surface area (Å²) in [7, 11) is 0. The molecule has 0 aliphatic heterocycles. The summed E-state index contributed by atoms with van der Waals surface area (Å²) in [5.74, 6) is 0. The van der Waals surface area contributed by atoms with E-state index < -0.39 is 12.3 Å². The van der Waals surface area contributed by atoms with Gasteiger partial charge < -0.3 is 9.68 Å². The maximum Gasteiger partial charge on any atom is 0.589 e. The van der Waals surface area contributed by atoms with Crippen molar-refractivity contribution in [1.29, 1.82) is 0 Å². The number of carbonyl (C=O) groups excluding carboxylic acids is 3. The van der Waals surface area contributed by atoms with Crippen LogP contribution in [0.4, 0.5) is 9.59 Å². The molecule has 0 aromatic carbocycles. The molecule has 0 unspecified atom stereocenters. The number of hydrogen-bond donors (Lipinski definition) is 1. The van der Waals surface area contributed by atoms with Crippen molar-refractivity contribution in [1.82, 2.24) is 0 Å². The maximum absolute atomic E-state index is 10.1. The third-order valence-electron chi connectivity index (χ3n) is 0.396. The van der Waals surface area contributed by atoms with Gasteiger partial charge in [-0.3, -0.25) is 4.89 Å². The molecule has 2 radical (unpaired) electrons. The molecule has 0 fully saturated rings. The molecule has 1 N–H and O–H groups in total. The van der Waals surface area contributed by atoms with Gasteiger partial charge in [0.15, 0.2) is 0 Å². The van der Waals surface area contributed by atoms with E-state index in [0.717, 1.165) is 0 Å². The summed E-state index contributed by atoms with van der Waals surface area (Å²) in [6, 6.07) is 0. The molecule has 0 amide bonds. The van der Waals surface area contributed by atoms with Crippen molar-refractivity contribution in [2.24, 2.45) is 0 Å². The van der Waals surface area contributed by atoms with Gasteiger partial charge in [0.1, 0.15) is 0 Å². The van der Waals surface area contributed by atoms with Gasteiger partial charge in [0, 0.05) is 65.4 Å². The van der Waals surface area contributed by atoms with Gasteiger partial charge in [0.2, 0.25) is 0 Å². The van der Waals surface area contributed by atoms with Gasteiger partial charge in [-0.25, -0.2) is 4.89 Å². The van der Waals surface area contributed by atoms with Gasteiger partial charge >= 0.3 is 12.3 Å². The molecule has 11 heteroatoms. The average molecular weight is 359 g/mol. The molecule has 0 atom stereocenters. The summed E-state index contributed by atoms with van der Waals surface area (Å²) in [6.45, 7) is 0.706. The minimum Gasteiger partial charge on any atom is -0.494 e. The molecule has 0 aliphatic rings. The molecular formula is C3HO9Y2-. The summed E-state index contributed by atoms with van der Waals surface area (Å²) in [5.41, 5.74) is 0. The molecular weight excluding hydrogens is 358 g/mol. The van der Waals surface area contributed by atoms with Crippen molar-refractivity contribution in [3.05, 3.63) is 0 Å². The molecule has 0 rings (SSSR count). The van der Waals surface area contributed by atoms with Crippen LogP contribution in [0.5, 0.6) is 0 Å². The number of carbonyl (C=O) groups is 2. The predicted molar refractivity (Wildman–Crippen MR) is 24.5 cm³/mol. The summed E-state index contributed by atoms with van der Waals surface area (Å²) in [4.78, 5) is 45.5. The first-order chi connectivity index (χ1) is 5.70. The minimum atomic E-state index is -1.71. The van der Waals surface area contributed by atoms with Crippen molar-refractivity contribution in [2.75, 3.05) is 0 Å². The maximum atomic E-state index is 10.1. The zero-order chi connectivity index (χ0) is 9.40. The Bertz CT molecular complexity index is 181. The van der Waals surface area contributed by atoms with Gasteiger partial charge in [-0.05, 0) is 6.47 Å². The third-order valence-corrected chi connectivity index (χ3v) is 0.396. The van der Waals surface area contributed by atoms with E-state index in [4.69, 9.17) is 5.26 Å². The van der Waals surface area contributed by atoms with Crippen molar-refractivity contribution in [3.8, 4) is 0 Å². The van der Waals surface area contributed by atoms with Crippen LogP contribution in [0.25, 0.3) is 0 Å². The average Bonchev–Trinajstić information content (AvgIpc) is 2.10. The first kappa shape index (κ1) is 19.7. The third kappa shape index (κ3) is 12.2. The van der Waals surface area contributed by atoms with Crippen molar-refractivity contribution < 1.29 is 109 Å². The number of rotatable bonds is 2. The molecule has 0 spiro atoms. The smallest absolute Gasteiger partial charge is 0.494 e. The van der Waals surface area contributed by atoms with Gasteiger partial charge in [-0.2, -0.15) is 24.6 Å². The van der Waals surface area contributed by atoms with Crippen LogP contribution in [0, 0.1) is 0 Å². The SMILES string of the molecule is O=[C-]OOC(=O)OOC(=O)OO.[Y].[Y]. The van der Waals surface area contributed by atoms with Crippen LogP contribution in [-0.4, -0.2) is 24.0 Å². The van der Waals surface area contributed by atoms with Crippen LogP contribution in [0.3, 0.4) is 0 Å². The molecule has 0 bridgehead atoms. The van der Waals surface area contributed by atoms with E-state index in [1.807, 2.05) is 0 Å². The molecule has 74 valence electrons. The van der Waals surface area contributed by atoms with E-state index in [9.17, 15) is 14.4 Å². The van der Waals surface area contributed by atoms with Crippen LogP contribution in [0.1, 0.15) is 0 Å². The summed E-state index contributed by atoms with van der Waals surface area (Å²) >= 11 is 0. The zero-order valence-corrected chi connectivity index (χ0v) is 12.0. The second-order valence-electron chi connectivity index (χ2n) is 1.01. The van der Waals surface area contributed by atoms with E-state index in [1.54, 1.807) is 0 Å². The summed E-state index contributed by atoms with van der Waals surface area (Å²) < 4.78 is 0. The number of hydrogen-bond acceptors (Lipinski definition) is 9. The zero-order valence-electron chi connectivity index (χ0n) is 6.37. The Morgan fingerprint density at radius 2 is 1.50 bits per heavy atom. The van der Waals surface area contributed by atoms with Crippen LogP contribution in [0.15, 0.2) is 0 Å². The molecule has 0 aromatic heterocycles. The largest absolute Gasteiger partial charge is 0.589 e. The molecule has 0 aliphatic carbocycles. The summed E-state index contributed by atoms with van der Waals surface area (Å²) in [6.07, 6.45) is -3.37. The van der Waals surface area contributed by atoms with Gasteiger partial charge in [0.25, 0.3) is 0 Å². The fourth-order valence-corrected chi connectivity index (χ4v) is 0.148. The van der Waals surface area contributed by atoms with Crippen LogP contribution in [0.2, 0.25) is 0 Å². The van der Waals surface area contributed by atoms with Crippen LogP contribution >= 0.6 is 0 Å². The quantitative estimate of drug-likeness (QED) is 0.402. The fourth-order valence-electron chi connectivity index (χ4n) is 0.148. The van der Waals surface area contributed by atoms with Crippen molar-refractivity contribution >= 4 is 18.8 Å². The van der Waals surface area contributed by atoms with E-state index >= 15 is 0 Å². The first-order valence-corrected chi connectivity index (χ1v) is 2.15. The molecule has 9 nitrogen and oxygen atoms in total. The standard InChI is InChI=1S/C3HO9.2Y/c4-1-8-10-3(6)12-11-2(5)9-7;;/h7H;;/q-1;;. The fraction of sp³-hybridized carbons (Fsp3) is 0. The van der Waals surface area contributed by atoms with E-state index in [1.165, 1.54) is 0 Å². The van der Waals surface area contributed by atoms with Crippen molar-refractivity contribution in [2.45, 2.75) is 0 Å². The predicted octanol–water partition coefficient (Wildman–Crippen LogP) is -0.325. The van der Waals surface area contributed by atoms with Crippen LogP contribution < -0.4 is 0 Å². The Kier molecular flexibility index (Phi) is 18.5. The van der Waals surface area contributed by atoms with Gasteiger partial charge in [-0.15, -0.1) is 0 Å². The monoisotopic (exact) mass is 359 g/mol. The van der Waals surface area contributed by atoms with Crippen molar-refractivity contribution in [3.63, 3.8) is 0 Å². The molecule has 0 saturated carbocycles. The second kappa shape index (κ2) is 13.2. The van der Waals surface area contributed by atoms with Gasteiger partial charge in [-0.1, -0.05) is 0 Å². The minimum absolute atomic E-state index is 0. The Labute approximate surface area is 127 Å². The van der Waals surface area contributed by atoms with E-state index in [0.29, 0.717) is 6.47 Å². The molecule has 0 saturated heterocycles. The Morgan fingerprint density at radius 1 is 1.00 bits per heavy atom. The summed E-state index contributed by atoms with van der Waals surface area (Å²) in [5, 5.41) is 7.52. The molecule has 0 heterocycles. The Balaban J connectivity index is -0.000000605. The van der Waals surface area contributed by atoms with E-state index in [2.05, 4.69) is 24.4 Å². The van der Waals surface area contributed by atoms with Gasteiger partial charge in [0.05, 0.1) is 0 Å².